The highest BCUT2D eigenvalue weighted by molar-refractivity contribution is 7.89. The van der Waals surface area contributed by atoms with Crippen LogP contribution in [0.15, 0.2) is 17.0 Å². The van der Waals surface area contributed by atoms with Crippen molar-refractivity contribution in [3.63, 3.8) is 0 Å². The molecule has 0 amide bonds. The molecule has 0 bridgehead atoms. The molecular weight excluding hydrogens is 307 g/mol. The number of hydrogen-bond donors (Lipinski definition) is 1. The van der Waals surface area contributed by atoms with Gasteiger partial charge in [-0.1, -0.05) is 0 Å². The van der Waals surface area contributed by atoms with Crippen molar-refractivity contribution in [1.29, 1.82) is 0 Å². The highest BCUT2D eigenvalue weighted by atomic mass is 32.2. The second kappa shape index (κ2) is 7.29. The Bertz CT molecular complexity index is 619. The van der Waals surface area contributed by atoms with E-state index in [0.717, 1.165) is 0 Å². The topological polar surface area (TPSA) is 122 Å². The summed E-state index contributed by atoms with van der Waals surface area (Å²) in [5.74, 6) is -1.76. The van der Waals surface area contributed by atoms with Gasteiger partial charge in [-0.3, -0.25) is 10.1 Å². The maximum absolute atomic E-state index is 13.8. The number of hydrogen-bond acceptors (Lipinski definition) is 6. The van der Waals surface area contributed by atoms with Crippen molar-refractivity contribution in [3.05, 3.63) is 28.1 Å². The Morgan fingerprint density at radius 1 is 1.33 bits per heavy atom. The summed E-state index contributed by atoms with van der Waals surface area (Å²) in [5, 5.41) is 15.6. The quantitative estimate of drug-likeness (QED) is 0.436. The van der Waals surface area contributed by atoms with Crippen LogP contribution >= 0.6 is 0 Å². The van der Waals surface area contributed by atoms with Crippen LogP contribution in [0.1, 0.15) is 12.8 Å². The van der Waals surface area contributed by atoms with Gasteiger partial charge >= 0.3 is 0 Å². The molecule has 0 fully saturated rings. The van der Waals surface area contributed by atoms with E-state index in [1.807, 2.05) is 0 Å². The summed E-state index contributed by atoms with van der Waals surface area (Å²) in [6, 6.07) is 1.25. The lowest BCUT2D eigenvalue weighted by Crippen LogP contribution is -2.15. The lowest BCUT2D eigenvalue weighted by atomic mass is 10.3. The number of non-ortho nitro benzene ring substituents is 1. The molecule has 0 aliphatic heterocycles. The fraction of sp³-hybridized carbons (Fsp3) is 0.455. The molecule has 0 aliphatic rings. The molecule has 0 atom stereocenters. The minimum absolute atomic E-state index is 0.0284. The molecule has 0 aliphatic carbocycles. The van der Waals surface area contributed by atoms with Gasteiger partial charge in [0.1, 0.15) is 4.90 Å². The highest BCUT2D eigenvalue weighted by Gasteiger charge is 2.24. The van der Waals surface area contributed by atoms with E-state index in [2.05, 4.69) is 0 Å². The van der Waals surface area contributed by atoms with Gasteiger partial charge in [0.2, 0.25) is 10.0 Å². The highest BCUT2D eigenvalue weighted by Crippen LogP contribution is 2.31. The molecule has 1 aromatic rings. The molecule has 0 saturated heterocycles. The molecule has 2 N–H and O–H groups in total. The van der Waals surface area contributed by atoms with Crippen LogP contribution in [0.4, 0.5) is 10.1 Å². The van der Waals surface area contributed by atoms with Crippen molar-refractivity contribution in [2.75, 3.05) is 20.3 Å². The molecule has 0 saturated carbocycles. The van der Waals surface area contributed by atoms with E-state index in [9.17, 15) is 22.9 Å². The van der Waals surface area contributed by atoms with Crippen LogP contribution in [0.25, 0.3) is 0 Å². The fourth-order valence-electron chi connectivity index (χ4n) is 1.53. The molecule has 0 radical (unpaired) electrons. The number of primary sulfonamides is 1. The maximum atomic E-state index is 13.8. The Labute approximate surface area is 120 Å². The Morgan fingerprint density at radius 3 is 2.48 bits per heavy atom. The number of benzene rings is 1. The minimum atomic E-state index is -4.35. The van der Waals surface area contributed by atoms with Crippen LogP contribution in [0, 0.1) is 15.9 Å². The number of nitro groups is 1. The third kappa shape index (κ3) is 4.92. The molecule has 1 rings (SSSR count). The number of rotatable bonds is 8. The summed E-state index contributed by atoms with van der Waals surface area (Å²) in [6.07, 6.45) is 1.13. The molecule has 8 nitrogen and oxygen atoms in total. The van der Waals surface area contributed by atoms with E-state index in [0.29, 0.717) is 31.6 Å². The van der Waals surface area contributed by atoms with Gasteiger partial charge in [-0.05, 0) is 12.8 Å². The van der Waals surface area contributed by atoms with Crippen LogP contribution in [-0.4, -0.2) is 33.7 Å². The second-order valence-electron chi connectivity index (χ2n) is 4.11. The lowest BCUT2D eigenvalue weighted by molar-refractivity contribution is -0.385. The third-order valence-electron chi connectivity index (χ3n) is 2.50. The predicted octanol–water partition coefficient (Wildman–Crippen LogP) is 1.19. The Morgan fingerprint density at radius 2 is 1.95 bits per heavy atom. The first-order valence-corrected chi connectivity index (χ1v) is 7.44. The summed E-state index contributed by atoms with van der Waals surface area (Å²) < 4.78 is 46.5. The smallest absolute Gasteiger partial charge is 0.274 e. The van der Waals surface area contributed by atoms with Crippen molar-refractivity contribution in [1.82, 2.24) is 0 Å². The van der Waals surface area contributed by atoms with E-state index in [1.54, 1.807) is 0 Å². The van der Waals surface area contributed by atoms with Crippen LogP contribution < -0.4 is 9.88 Å². The first-order chi connectivity index (χ1) is 9.77. The average Bonchev–Trinajstić information content (AvgIpc) is 2.38. The molecule has 0 spiro atoms. The second-order valence-corrected chi connectivity index (χ2v) is 5.64. The molecule has 0 aromatic heterocycles. The molecule has 0 heterocycles. The van der Waals surface area contributed by atoms with Crippen molar-refractivity contribution < 1.29 is 27.2 Å². The zero-order valence-electron chi connectivity index (χ0n) is 11.2. The summed E-state index contributed by atoms with van der Waals surface area (Å²) in [5.41, 5.74) is -0.719. The summed E-state index contributed by atoms with van der Waals surface area (Å²) in [7, 11) is -2.83. The number of nitrogens with zero attached hydrogens (tertiary/aromatic N) is 1. The number of halogens is 1. The minimum Gasteiger partial charge on any atom is -0.489 e. The molecule has 21 heavy (non-hydrogen) atoms. The summed E-state index contributed by atoms with van der Waals surface area (Å²) in [4.78, 5) is 8.96. The van der Waals surface area contributed by atoms with Crippen molar-refractivity contribution >= 4 is 15.7 Å². The fourth-order valence-corrected chi connectivity index (χ4v) is 2.23. The molecule has 1 aromatic carbocycles. The number of unbranched alkanes of at least 4 members (excludes halogenated alkanes) is 1. The normalized spacial score (nSPS) is 11.4. The Kier molecular flexibility index (Phi) is 6.00. The van der Waals surface area contributed by atoms with Crippen LogP contribution in [-0.2, 0) is 14.8 Å². The number of nitrogens with two attached hydrogens (primary N) is 1. The van der Waals surface area contributed by atoms with Gasteiger partial charge in [0.25, 0.3) is 5.69 Å². The zero-order valence-corrected chi connectivity index (χ0v) is 12.1. The van der Waals surface area contributed by atoms with Crippen LogP contribution in [0.3, 0.4) is 0 Å². The first kappa shape index (κ1) is 17.3. The number of ether oxygens (including phenoxy) is 2. The number of sulfonamides is 1. The van der Waals surface area contributed by atoms with Crippen molar-refractivity contribution in [3.8, 4) is 5.75 Å². The van der Waals surface area contributed by atoms with Gasteiger partial charge in [0.15, 0.2) is 11.6 Å². The standard InChI is InChI=1S/C11H15FN2O6S/c1-19-4-2-3-5-20-11-9(12)6-8(14(15)16)7-10(11)21(13,17)18/h6-7H,2-5H2,1H3,(H2,13,17,18). The third-order valence-corrected chi connectivity index (χ3v) is 3.42. The van der Waals surface area contributed by atoms with E-state index in [4.69, 9.17) is 14.6 Å². The van der Waals surface area contributed by atoms with Crippen molar-refractivity contribution in [2.45, 2.75) is 17.7 Å². The van der Waals surface area contributed by atoms with Gasteiger partial charge in [0.05, 0.1) is 17.6 Å². The monoisotopic (exact) mass is 322 g/mol. The van der Waals surface area contributed by atoms with Crippen LogP contribution in [0.2, 0.25) is 0 Å². The molecule has 10 heteroatoms. The summed E-state index contributed by atoms with van der Waals surface area (Å²) >= 11 is 0. The lowest BCUT2D eigenvalue weighted by Gasteiger charge is -2.11. The Balaban J connectivity index is 3.04. The van der Waals surface area contributed by atoms with Crippen LogP contribution in [0.5, 0.6) is 5.75 Å². The largest absolute Gasteiger partial charge is 0.489 e. The first-order valence-electron chi connectivity index (χ1n) is 5.90. The van der Waals surface area contributed by atoms with E-state index in [-0.39, 0.29) is 6.61 Å². The van der Waals surface area contributed by atoms with Gasteiger partial charge in [-0.25, -0.2) is 17.9 Å². The number of nitro benzene ring substituents is 1. The summed E-state index contributed by atoms with van der Waals surface area (Å²) in [6.45, 7) is 0.509. The van der Waals surface area contributed by atoms with Gasteiger partial charge in [-0.15, -0.1) is 0 Å². The van der Waals surface area contributed by atoms with Gasteiger partial charge in [0, 0.05) is 19.8 Å². The van der Waals surface area contributed by atoms with Gasteiger partial charge in [-0.2, -0.15) is 0 Å². The molecule has 118 valence electrons. The molecular formula is C11H15FN2O6S. The van der Waals surface area contributed by atoms with E-state index >= 15 is 0 Å². The molecule has 0 unspecified atom stereocenters. The SMILES string of the molecule is COCCCCOc1c(F)cc([N+](=O)[O-])cc1S(N)(=O)=O. The van der Waals surface area contributed by atoms with E-state index in [1.165, 1.54) is 7.11 Å². The average molecular weight is 322 g/mol. The zero-order chi connectivity index (χ0) is 16.0. The maximum Gasteiger partial charge on any atom is 0.274 e. The van der Waals surface area contributed by atoms with E-state index < -0.39 is 37.1 Å². The Hall–Kier alpha value is -1.78. The number of methoxy groups -OCH3 is 1. The van der Waals surface area contributed by atoms with Crippen molar-refractivity contribution in [2.24, 2.45) is 5.14 Å². The predicted molar refractivity (Wildman–Crippen MR) is 71.0 cm³/mol. The van der Waals surface area contributed by atoms with Gasteiger partial charge < -0.3 is 9.47 Å².